The van der Waals surface area contributed by atoms with E-state index in [4.69, 9.17) is 4.74 Å². The predicted octanol–water partition coefficient (Wildman–Crippen LogP) is 1.35. The Morgan fingerprint density at radius 1 is 1.68 bits per heavy atom. The van der Waals surface area contributed by atoms with Crippen molar-refractivity contribution in [1.82, 2.24) is 9.88 Å². The Hall–Kier alpha value is -1.63. The van der Waals surface area contributed by atoms with Crippen LogP contribution in [0.25, 0.3) is 0 Å². The van der Waals surface area contributed by atoms with Gasteiger partial charge in [-0.05, 0) is 13.3 Å². The number of nitrogens with zero attached hydrogens (tertiary/aromatic N) is 2. The highest BCUT2D eigenvalue weighted by molar-refractivity contribution is 7.14. The van der Waals surface area contributed by atoms with Crippen LogP contribution in [0, 0.1) is 0 Å². The zero-order chi connectivity index (χ0) is 13.8. The van der Waals surface area contributed by atoms with Crippen LogP contribution in [0.3, 0.4) is 0 Å². The van der Waals surface area contributed by atoms with Crippen molar-refractivity contribution in [2.45, 2.75) is 25.8 Å². The Morgan fingerprint density at radius 3 is 3.16 bits per heavy atom. The van der Waals surface area contributed by atoms with Gasteiger partial charge in [0.15, 0.2) is 5.69 Å². The monoisotopic (exact) mass is 283 g/mol. The van der Waals surface area contributed by atoms with Gasteiger partial charge in [-0.1, -0.05) is 0 Å². The zero-order valence-electron chi connectivity index (χ0n) is 11.0. The molecule has 1 N–H and O–H groups in total. The molecule has 1 aromatic heterocycles. The van der Waals surface area contributed by atoms with Gasteiger partial charge in [-0.15, -0.1) is 11.3 Å². The van der Waals surface area contributed by atoms with E-state index >= 15 is 0 Å². The van der Waals surface area contributed by atoms with E-state index in [2.05, 4.69) is 10.3 Å². The van der Waals surface area contributed by atoms with Crippen molar-refractivity contribution in [2.24, 2.45) is 0 Å². The standard InChI is InChI=1S/C12H17N3O3S/c1-3-18-12(17)10-11(19-7-13-10)14-8-4-5-9(16)15(2)6-8/h7-8,14H,3-6H2,1-2H3. The third-order valence-electron chi connectivity index (χ3n) is 3.00. The van der Waals surface area contributed by atoms with Crippen LogP contribution in [-0.4, -0.2) is 48.0 Å². The van der Waals surface area contributed by atoms with E-state index < -0.39 is 5.97 Å². The van der Waals surface area contributed by atoms with Crippen molar-refractivity contribution in [3.8, 4) is 0 Å². The van der Waals surface area contributed by atoms with Gasteiger partial charge in [0.25, 0.3) is 0 Å². The number of piperidine rings is 1. The Labute approximate surface area is 115 Å². The number of esters is 1. The molecule has 1 saturated heterocycles. The van der Waals surface area contributed by atoms with Gasteiger partial charge in [0.05, 0.1) is 12.1 Å². The average molecular weight is 283 g/mol. The fourth-order valence-corrected chi connectivity index (χ4v) is 2.75. The van der Waals surface area contributed by atoms with E-state index in [1.54, 1.807) is 24.4 Å². The molecule has 0 saturated carbocycles. The number of likely N-dealkylation sites (N-methyl/N-ethyl adjacent to an activating group) is 1. The number of thiazole rings is 1. The van der Waals surface area contributed by atoms with Crippen molar-refractivity contribution in [3.63, 3.8) is 0 Å². The van der Waals surface area contributed by atoms with E-state index in [1.165, 1.54) is 11.3 Å². The first-order valence-electron chi connectivity index (χ1n) is 6.23. The maximum absolute atomic E-state index is 11.7. The summed E-state index contributed by atoms with van der Waals surface area (Å²) in [5, 5.41) is 4.00. The average Bonchev–Trinajstić information content (AvgIpc) is 2.82. The molecule has 0 aliphatic carbocycles. The molecular weight excluding hydrogens is 266 g/mol. The number of amides is 1. The van der Waals surface area contributed by atoms with Crippen LogP contribution in [0.2, 0.25) is 0 Å². The number of likely N-dealkylation sites (tertiary alicyclic amines) is 1. The molecule has 2 heterocycles. The summed E-state index contributed by atoms with van der Waals surface area (Å²) in [6.45, 7) is 2.73. The van der Waals surface area contributed by atoms with E-state index in [0.717, 1.165) is 6.42 Å². The molecule has 7 heteroatoms. The lowest BCUT2D eigenvalue weighted by Crippen LogP contribution is -2.43. The largest absolute Gasteiger partial charge is 0.461 e. The quantitative estimate of drug-likeness (QED) is 0.845. The van der Waals surface area contributed by atoms with Gasteiger partial charge in [0, 0.05) is 26.1 Å². The van der Waals surface area contributed by atoms with Crippen LogP contribution in [0.15, 0.2) is 5.51 Å². The van der Waals surface area contributed by atoms with Crippen LogP contribution in [0.5, 0.6) is 0 Å². The Balaban J connectivity index is 2.02. The molecule has 1 atom stereocenters. The van der Waals surface area contributed by atoms with Crippen molar-refractivity contribution in [3.05, 3.63) is 11.2 Å². The fraction of sp³-hybridized carbons (Fsp3) is 0.583. The molecule has 0 radical (unpaired) electrons. The summed E-state index contributed by atoms with van der Waals surface area (Å²) < 4.78 is 4.95. The topological polar surface area (TPSA) is 71.5 Å². The highest BCUT2D eigenvalue weighted by Gasteiger charge is 2.25. The summed E-state index contributed by atoms with van der Waals surface area (Å²) >= 11 is 1.37. The second-order valence-corrected chi connectivity index (χ2v) is 5.26. The fourth-order valence-electron chi connectivity index (χ4n) is 2.01. The van der Waals surface area contributed by atoms with Crippen LogP contribution in [0.1, 0.15) is 30.3 Å². The molecule has 0 bridgehead atoms. The number of carbonyl (C=O) groups is 2. The summed E-state index contributed by atoms with van der Waals surface area (Å²) in [4.78, 5) is 28.9. The minimum atomic E-state index is -0.411. The van der Waals surface area contributed by atoms with E-state index in [1.807, 2.05) is 0 Å². The Bertz CT molecular complexity index is 475. The van der Waals surface area contributed by atoms with Gasteiger partial charge in [-0.3, -0.25) is 4.79 Å². The molecule has 104 valence electrons. The highest BCUT2D eigenvalue weighted by Crippen LogP contribution is 2.24. The minimum absolute atomic E-state index is 0.149. The number of aromatic nitrogens is 1. The molecule has 0 spiro atoms. The molecule has 1 unspecified atom stereocenters. The van der Waals surface area contributed by atoms with Crippen LogP contribution < -0.4 is 5.32 Å². The molecular formula is C12H17N3O3S. The summed E-state index contributed by atoms with van der Waals surface area (Å²) in [7, 11) is 1.79. The zero-order valence-corrected chi connectivity index (χ0v) is 11.8. The van der Waals surface area contributed by atoms with Crippen molar-refractivity contribution in [2.75, 3.05) is 25.5 Å². The SMILES string of the molecule is CCOC(=O)c1ncsc1NC1CCC(=O)N(C)C1. The van der Waals surface area contributed by atoms with Crippen molar-refractivity contribution >= 4 is 28.2 Å². The lowest BCUT2D eigenvalue weighted by molar-refractivity contribution is -0.132. The molecule has 1 aromatic rings. The molecule has 2 rings (SSSR count). The summed E-state index contributed by atoms with van der Waals surface area (Å²) in [5.74, 6) is -0.250. The first kappa shape index (κ1) is 13.8. The van der Waals surface area contributed by atoms with Gasteiger partial charge < -0.3 is 15.0 Å². The molecule has 1 amide bonds. The van der Waals surface area contributed by atoms with E-state index in [9.17, 15) is 9.59 Å². The van der Waals surface area contributed by atoms with Gasteiger partial charge in [0.2, 0.25) is 5.91 Å². The predicted molar refractivity (Wildman–Crippen MR) is 72.4 cm³/mol. The molecule has 1 aliphatic heterocycles. The maximum Gasteiger partial charge on any atom is 0.360 e. The van der Waals surface area contributed by atoms with Crippen LogP contribution in [-0.2, 0) is 9.53 Å². The molecule has 19 heavy (non-hydrogen) atoms. The number of hydrogen-bond donors (Lipinski definition) is 1. The van der Waals surface area contributed by atoms with E-state index in [0.29, 0.717) is 30.3 Å². The smallest absolute Gasteiger partial charge is 0.360 e. The van der Waals surface area contributed by atoms with Crippen LogP contribution in [0.4, 0.5) is 5.00 Å². The van der Waals surface area contributed by atoms with Crippen molar-refractivity contribution in [1.29, 1.82) is 0 Å². The van der Waals surface area contributed by atoms with Gasteiger partial charge >= 0.3 is 5.97 Å². The minimum Gasteiger partial charge on any atom is -0.461 e. The first-order chi connectivity index (χ1) is 9.11. The number of rotatable bonds is 4. The Morgan fingerprint density at radius 2 is 2.47 bits per heavy atom. The second-order valence-electron chi connectivity index (χ2n) is 4.40. The van der Waals surface area contributed by atoms with Gasteiger partial charge in [0.1, 0.15) is 5.00 Å². The third-order valence-corrected chi connectivity index (χ3v) is 3.76. The third kappa shape index (κ3) is 3.23. The van der Waals surface area contributed by atoms with Gasteiger partial charge in [-0.25, -0.2) is 9.78 Å². The first-order valence-corrected chi connectivity index (χ1v) is 7.11. The summed E-state index contributed by atoms with van der Waals surface area (Å²) in [5.41, 5.74) is 1.94. The lowest BCUT2D eigenvalue weighted by Gasteiger charge is -2.30. The number of hydrogen-bond acceptors (Lipinski definition) is 6. The summed E-state index contributed by atoms with van der Waals surface area (Å²) in [6, 6.07) is 0.149. The maximum atomic E-state index is 11.7. The van der Waals surface area contributed by atoms with Crippen LogP contribution >= 0.6 is 11.3 Å². The lowest BCUT2D eigenvalue weighted by atomic mass is 10.1. The molecule has 0 aromatic carbocycles. The number of carbonyl (C=O) groups excluding carboxylic acids is 2. The molecule has 1 aliphatic rings. The second kappa shape index (κ2) is 6.01. The Kier molecular flexibility index (Phi) is 4.36. The normalized spacial score (nSPS) is 19.4. The number of anilines is 1. The molecule has 1 fully saturated rings. The number of ether oxygens (including phenoxy) is 1. The number of nitrogens with one attached hydrogen (secondary N) is 1. The van der Waals surface area contributed by atoms with E-state index in [-0.39, 0.29) is 11.9 Å². The highest BCUT2D eigenvalue weighted by atomic mass is 32.1. The van der Waals surface area contributed by atoms with Crippen molar-refractivity contribution < 1.29 is 14.3 Å². The molecule has 6 nitrogen and oxygen atoms in total. The van der Waals surface area contributed by atoms with Gasteiger partial charge in [-0.2, -0.15) is 0 Å². The summed E-state index contributed by atoms with van der Waals surface area (Å²) in [6.07, 6.45) is 1.30.